The van der Waals surface area contributed by atoms with Gasteiger partial charge in [0.2, 0.25) is 0 Å². The van der Waals surface area contributed by atoms with Gasteiger partial charge in [-0.3, -0.25) is 0 Å². The van der Waals surface area contributed by atoms with Crippen LogP contribution in [0.5, 0.6) is 0 Å². The largest absolute Gasteiger partial charge is 0.0613 e. The highest BCUT2D eigenvalue weighted by molar-refractivity contribution is 5.70. The van der Waals surface area contributed by atoms with Crippen LogP contribution in [0.3, 0.4) is 0 Å². The zero-order valence-electron chi connectivity index (χ0n) is 9.29. The summed E-state index contributed by atoms with van der Waals surface area (Å²) in [5.41, 5.74) is 5.37. The van der Waals surface area contributed by atoms with Crippen LogP contribution in [0, 0.1) is 12.1 Å². The summed E-state index contributed by atoms with van der Waals surface area (Å²) in [5, 5.41) is 0. The normalized spacial score (nSPS) is 14.5. The van der Waals surface area contributed by atoms with Crippen LogP contribution in [0.4, 0.5) is 0 Å². The highest BCUT2D eigenvalue weighted by atomic mass is 14.2. The lowest BCUT2D eigenvalue weighted by Crippen LogP contribution is -1.99. The van der Waals surface area contributed by atoms with E-state index < -0.39 is 0 Å². The second-order valence-electron chi connectivity index (χ2n) is 4.35. The van der Waals surface area contributed by atoms with E-state index in [1.54, 1.807) is 0 Å². The van der Waals surface area contributed by atoms with E-state index in [2.05, 4.69) is 36.4 Å². The lowest BCUT2D eigenvalue weighted by atomic mass is 9.88. The molecule has 0 unspecified atom stereocenters. The smallest absolute Gasteiger partial charge is 0.00641 e. The Bertz CT molecular complexity index is 449. The molecule has 0 heteroatoms. The Kier molecular flexibility index (Phi) is 2.49. The molecule has 2 aromatic carbocycles. The number of rotatable bonds is 0. The van der Waals surface area contributed by atoms with E-state index in [0.29, 0.717) is 0 Å². The first kappa shape index (κ1) is 9.65. The summed E-state index contributed by atoms with van der Waals surface area (Å²) >= 11 is 0. The minimum absolute atomic E-state index is 1.18. The molecule has 0 N–H and O–H groups in total. The molecule has 0 saturated heterocycles. The first-order valence-corrected chi connectivity index (χ1v) is 5.95. The molecule has 1 aliphatic carbocycles. The van der Waals surface area contributed by atoms with Crippen LogP contribution in [-0.2, 0) is 12.8 Å². The van der Waals surface area contributed by atoms with Crippen molar-refractivity contribution in [3.8, 4) is 11.1 Å². The van der Waals surface area contributed by atoms with Crippen molar-refractivity contribution in [3.05, 3.63) is 59.7 Å². The summed E-state index contributed by atoms with van der Waals surface area (Å²) in [6, 6.07) is 19.4. The Morgan fingerprint density at radius 1 is 0.750 bits per heavy atom. The number of fused-ring (bicyclic) bond motifs is 3. The molecule has 0 aromatic heterocycles. The highest BCUT2D eigenvalue weighted by Crippen LogP contribution is 2.30. The van der Waals surface area contributed by atoms with Crippen molar-refractivity contribution < 1.29 is 0 Å². The minimum Gasteiger partial charge on any atom is -0.0613 e. The summed E-state index contributed by atoms with van der Waals surface area (Å²) in [5.74, 6) is 0. The molecule has 16 heavy (non-hydrogen) atoms. The summed E-state index contributed by atoms with van der Waals surface area (Å²) in [6.45, 7) is 0. The number of hydrogen-bond donors (Lipinski definition) is 0. The van der Waals surface area contributed by atoms with E-state index >= 15 is 0 Å². The van der Waals surface area contributed by atoms with Gasteiger partial charge in [-0.2, -0.15) is 0 Å². The second-order valence-corrected chi connectivity index (χ2v) is 4.35. The summed E-state index contributed by atoms with van der Waals surface area (Å²) in [4.78, 5) is 0. The monoisotopic (exact) mass is 206 g/mol. The van der Waals surface area contributed by atoms with Crippen molar-refractivity contribution >= 4 is 0 Å². The molecule has 0 saturated carbocycles. The maximum Gasteiger partial charge on any atom is -0.00641 e. The van der Waals surface area contributed by atoms with Gasteiger partial charge in [-0.1, -0.05) is 36.4 Å². The van der Waals surface area contributed by atoms with Crippen LogP contribution in [0.2, 0.25) is 0 Å². The van der Waals surface area contributed by atoms with Crippen molar-refractivity contribution in [2.45, 2.75) is 25.7 Å². The molecule has 0 bridgehead atoms. The van der Waals surface area contributed by atoms with E-state index in [9.17, 15) is 0 Å². The van der Waals surface area contributed by atoms with Crippen molar-refractivity contribution in [2.75, 3.05) is 0 Å². The van der Waals surface area contributed by atoms with Crippen molar-refractivity contribution in [1.82, 2.24) is 0 Å². The van der Waals surface area contributed by atoms with Gasteiger partial charge >= 0.3 is 0 Å². The molecule has 1 aliphatic rings. The maximum atomic E-state index is 3.38. The molecule has 3 rings (SSSR count). The minimum atomic E-state index is 1.18. The molecule has 0 amide bonds. The van der Waals surface area contributed by atoms with Crippen LogP contribution < -0.4 is 0 Å². The Hall–Kier alpha value is -1.56. The van der Waals surface area contributed by atoms with E-state index in [-0.39, 0.29) is 0 Å². The van der Waals surface area contributed by atoms with Gasteiger partial charge in [0.15, 0.2) is 0 Å². The third-order valence-electron chi connectivity index (χ3n) is 3.28. The zero-order valence-corrected chi connectivity index (χ0v) is 9.29. The van der Waals surface area contributed by atoms with Gasteiger partial charge in [0.1, 0.15) is 0 Å². The SMILES string of the molecule is [c]1cccc2c1-c1[c]cccc1CCCC2. The second kappa shape index (κ2) is 4.13. The Morgan fingerprint density at radius 3 is 1.75 bits per heavy atom. The Balaban J connectivity index is 2.22. The maximum absolute atomic E-state index is 3.38. The van der Waals surface area contributed by atoms with Gasteiger partial charge in [0, 0.05) is 0 Å². The average Bonchev–Trinajstić information content (AvgIpc) is 2.33. The van der Waals surface area contributed by atoms with Crippen molar-refractivity contribution in [2.24, 2.45) is 0 Å². The number of hydrogen-bond acceptors (Lipinski definition) is 0. The van der Waals surface area contributed by atoms with Crippen LogP contribution >= 0.6 is 0 Å². The lowest BCUT2D eigenvalue weighted by molar-refractivity contribution is 0.729. The molecule has 0 fully saturated rings. The molecular weight excluding hydrogens is 192 g/mol. The first-order chi connectivity index (χ1) is 7.95. The number of benzene rings is 2. The fraction of sp³-hybridized carbons (Fsp3) is 0.250. The average molecular weight is 206 g/mol. The van der Waals surface area contributed by atoms with E-state index in [4.69, 9.17) is 0 Å². The fourth-order valence-corrected chi connectivity index (χ4v) is 2.46. The van der Waals surface area contributed by atoms with Gasteiger partial charge in [0.05, 0.1) is 0 Å². The van der Waals surface area contributed by atoms with Crippen LogP contribution in [0.25, 0.3) is 11.1 Å². The highest BCUT2D eigenvalue weighted by Gasteiger charge is 2.11. The van der Waals surface area contributed by atoms with Gasteiger partial charge < -0.3 is 0 Å². The molecule has 2 aromatic rings. The standard InChI is InChI=1S/C16H14/c1-2-8-14-10-4-6-12-16(14)15-11-5-3-9-13(15)7-1/h3-6,9-10H,1-2,7-8H2. The van der Waals surface area contributed by atoms with Gasteiger partial charge in [-0.15, -0.1) is 0 Å². The predicted molar refractivity (Wildman–Crippen MR) is 66.2 cm³/mol. The molecule has 78 valence electrons. The molecule has 0 atom stereocenters. The van der Waals surface area contributed by atoms with Crippen LogP contribution in [0.15, 0.2) is 36.4 Å². The first-order valence-electron chi connectivity index (χ1n) is 5.95. The zero-order chi connectivity index (χ0) is 10.8. The number of aryl methyl sites for hydroxylation is 2. The van der Waals surface area contributed by atoms with E-state index in [1.165, 1.54) is 47.9 Å². The van der Waals surface area contributed by atoms with Crippen molar-refractivity contribution in [3.63, 3.8) is 0 Å². The quantitative estimate of drug-likeness (QED) is 0.614. The third kappa shape index (κ3) is 1.65. The topological polar surface area (TPSA) is 0 Å². The Morgan fingerprint density at radius 2 is 1.25 bits per heavy atom. The summed E-state index contributed by atoms with van der Waals surface area (Å²) in [6.07, 6.45) is 4.90. The van der Waals surface area contributed by atoms with E-state index in [0.717, 1.165) is 0 Å². The van der Waals surface area contributed by atoms with Gasteiger partial charge in [-0.25, -0.2) is 0 Å². The van der Waals surface area contributed by atoms with Crippen LogP contribution in [0.1, 0.15) is 24.0 Å². The molecular formula is C16H14. The van der Waals surface area contributed by atoms with Crippen molar-refractivity contribution in [1.29, 1.82) is 0 Å². The van der Waals surface area contributed by atoms with Crippen LogP contribution in [-0.4, -0.2) is 0 Å². The molecule has 0 heterocycles. The fourth-order valence-electron chi connectivity index (χ4n) is 2.46. The Labute approximate surface area is 96.9 Å². The molecule has 0 aliphatic heterocycles. The lowest BCUT2D eigenvalue weighted by Gasteiger charge is -2.16. The summed E-state index contributed by atoms with van der Waals surface area (Å²) in [7, 11) is 0. The van der Waals surface area contributed by atoms with Gasteiger partial charge in [0.25, 0.3) is 0 Å². The molecule has 2 radical (unpaired) electrons. The van der Waals surface area contributed by atoms with E-state index in [1.807, 2.05) is 12.1 Å². The predicted octanol–water partition coefficient (Wildman–Crippen LogP) is 3.83. The molecule has 0 spiro atoms. The van der Waals surface area contributed by atoms with Gasteiger partial charge in [-0.05, 0) is 60.1 Å². The molecule has 0 nitrogen and oxygen atoms in total. The summed E-state index contributed by atoms with van der Waals surface area (Å²) < 4.78 is 0. The third-order valence-corrected chi connectivity index (χ3v) is 3.28.